The van der Waals surface area contributed by atoms with Crippen molar-refractivity contribution in [2.45, 2.75) is 39.7 Å². The standard InChI is InChI=1S/C15H24N2/c1-4-9-17-10-8-14-11-13(6-7-15(14)17)12(3)16-5-2/h6-7,11-12,16H,4-5,8-10H2,1-3H3. The summed E-state index contributed by atoms with van der Waals surface area (Å²) in [5.74, 6) is 0. The van der Waals surface area contributed by atoms with Crippen molar-refractivity contribution in [2.24, 2.45) is 0 Å². The van der Waals surface area contributed by atoms with E-state index in [1.54, 1.807) is 0 Å². The first-order valence-corrected chi connectivity index (χ1v) is 6.87. The van der Waals surface area contributed by atoms with E-state index in [0.29, 0.717) is 6.04 Å². The number of anilines is 1. The van der Waals surface area contributed by atoms with Crippen molar-refractivity contribution >= 4 is 5.69 Å². The fourth-order valence-electron chi connectivity index (χ4n) is 2.69. The van der Waals surface area contributed by atoms with Gasteiger partial charge in [0.1, 0.15) is 0 Å². The number of nitrogens with zero attached hydrogens (tertiary/aromatic N) is 1. The van der Waals surface area contributed by atoms with Crippen LogP contribution in [0.2, 0.25) is 0 Å². The van der Waals surface area contributed by atoms with Crippen LogP contribution in [0.25, 0.3) is 0 Å². The number of hydrogen-bond acceptors (Lipinski definition) is 2. The maximum atomic E-state index is 3.48. The average Bonchev–Trinajstić information content (AvgIpc) is 2.73. The molecule has 1 heterocycles. The molecule has 0 spiro atoms. The molecule has 1 aliphatic heterocycles. The fraction of sp³-hybridized carbons (Fsp3) is 0.600. The Balaban J connectivity index is 2.16. The van der Waals surface area contributed by atoms with Crippen LogP contribution in [0.1, 0.15) is 44.4 Å². The van der Waals surface area contributed by atoms with E-state index in [0.717, 1.165) is 6.54 Å². The Labute approximate surface area is 105 Å². The molecule has 2 nitrogen and oxygen atoms in total. The molecule has 17 heavy (non-hydrogen) atoms. The minimum atomic E-state index is 0.463. The molecule has 0 bridgehead atoms. The normalized spacial score (nSPS) is 16.1. The van der Waals surface area contributed by atoms with E-state index in [9.17, 15) is 0 Å². The van der Waals surface area contributed by atoms with E-state index in [1.807, 2.05) is 0 Å². The van der Waals surface area contributed by atoms with Crippen molar-refractivity contribution < 1.29 is 0 Å². The van der Waals surface area contributed by atoms with Gasteiger partial charge in [-0.3, -0.25) is 0 Å². The highest BCUT2D eigenvalue weighted by Gasteiger charge is 2.19. The molecule has 2 heteroatoms. The van der Waals surface area contributed by atoms with E-state index < -0.39 is 0 Å². The summed E-state index contributed by atoms with van der Waals surface area (Å²) in [6.07, 6.45) is 2.44. The van der Waals surface area contributed by atoms with Gasteiger partial charge in [-0.25, -0.2) is 0 Å². The fourth-order valence-corrected chi connectivity index (χ4v) is 2.69. The first-order chi connectivity index (χ1) is 8.26. The molecule has 1 unspecified atom stereocenters. The Hall–Kier alpha value is -1.02. The molecule has 0 saturated heterocycles. The molecule has 1 atom stereocenters. The van der Waals surface area contributed by atoms with Crippen LogP contribution >= 0.6 is 0 Å². The molecule has 0 aromatic heterocycles. The first-order valence-electron chi connectivity index (χ1n) is 6.87. The number of rotatable bonds is 5. The highest BCUT2D eigenvalue weighted by molar-refractivity contribution is 5.59. The van der Waals surface area contributed by atoms with Crippen LogP contribution in [0.3, 0.4) is 0 Å². The predicted octanol–water partition coefficient (Wildman–Crippen LogP) is 3.13. The molecule has 1 aliphatic rings. The van der Waals surface area contributed by atoms with Gasteiger partial charge in [0, 0.05) is 24.8 Å². The molecule has 0 amide bonds. The quantitative estimate of drug-likeness (QED) is 0.839. The van der Waals surface area contributed by atoms with Gasteiger partial charge in [0.05, 0.1) is 0 Å². The maximum Gasteiger partial charge on any atom is 0.0399 e. The maximum absolute atomic E-state index is 3.48. The van der Waals surface area contributed by atoms with Crippen molar-refractivity contribution in [2.75, 3.05) is 24.5 Å². The van der Waals surface area contributed by atoms with Crippen LogP contribution in [-0.4, -0.2) is 19.6 Å². The second-order valence-electron chi connectivity index (χ2n) is 4.90. The van der Waals surface area contributed by atoms with Crippen LogP contribution < -0.4 is 10.2 Å². The zero-order valence-electron chi connectivity index (χ0n) is 11.3. The molecule has 0 fully saturated rings. The van der Waals surface area contributed by atoms with Gasteiger partial charge in [0.15, 0.2) is 0 Å². The Morgan fingerprint density at radius 2 is 2.18 bits per heavy atom. The first kappa shape index (κ1) is 12.4. The van der Waals surface area contributed by atoms with Crippen LogP contribution in [0, 0.1) is 0 Å². The van der Waals surface area contributed by atoms with Gasteiger partial charge in [0.2, 0.25) is 0 Å². The number of nitrogens with one attached hydrogen (secondary N) is 1. The molecular weight excluding hydrogens is 208 g/mol. The lowest BCUT2D eigenvalue weighted by Gasteiger charge is -2.19. The minimum Gasteiger partial charge on any atom is -0.371 e. The Kier molecular flexibility index (Phi) is 4.06. The zero-order chi connectivity index (χ0) is 12.3. The summed E-state index contributed by atoms with van der Waals surface area (Å²) in [6, 6.07) is 7.44. The summed E-state index contributed by atoms with van der Waals surface area (Å²) in [5, 5.41) is 3.48. The highest BCUT2D eigenvalue weighted by Crippen LogP contribution is 2.30. The summed E-state index contributed by atoms with van der Waals surface area (Å²) in [4.78, 5) is 2.51. The summed E-state index contributed by atoms with van der Waals surface area (Å²) in [5.41, 5.74) is 4.41. The number of hydrogen-bond donors (Lipinski definition) is 1. The van der Waals surface area contributed by atoms with E-state index in [4.69, 9.17) is 0 Å². The molecule has 0 aliphatic carbocycles. The lowest BCUT2D eigenvalue weighted by molar-refractivity contribution is 0.598. The Bertz CT molecular complexity index is 373. The molecule has 94 valence electrons. The summed E-state index contributed by atoms with van der Waals surface area (Å²) >= 11 is 0. The van der Waals surface area contributed by atoms with Crippen LogP contribution in [0.15, 0.2) is 18.2 Å². The Morgan fingerprint density at radius 1 is 1.35 bits per heavy atom. The van der Waals surface area contributed by atoms with Crippen LogP contribution in [-0.2, 0) is 6.42 Å². The van der Waals surface area contributed by atoms with Crippen LogP contribution in [0.5, 0.6) is 0 Å². The SMILES string of the molecule is CCCN1CCc2cc(C(C)NCC)ccc21. The van der Waals surface area contributed by atoms with Gasteiger partial charge >= 0.3 is 0 Å². The predicted molar refractivity (Wildman–Crippen MR) is 74.7 cm³/mol. The monoisotopic (exact) mass is 232 g/mol. The van der Waals surface area contributed by atoms with E-state index >= 15 is 0 Å². The van der Waals surface area contributed by atoms with Crippen molar-refractivity contribution in [3.63, 3.8) is 0 Å². The second-order valence-corrected chi connectivity index (χ2v) is 4.90. The average molecular weight is 232 g/mol. The summed E-state index contributed by atoms with van der Waals surface area (Å²) in [6.45, 7) is 10.1. The molecule has 2 rings (SSSR count). The third kappa shape index (κ3) is 2.63. The summed E-state index contributed by atoms with van der Waals surface area (Å²) in [7, 11) is 0. The Morgan fingerprint density at radius 3 is 2.88 bits per heavy atom. The molecule has 1 aromatic rings. The van der Waals surface area contributed by atoms with E-state index in [-0.39, 0.29) is 0 Å². The third-order valence-corrected chi connectivity index (χ3v) is 3.60. The molecule has 1 N–H and O–H groups in total. The van der Waals surface area contributed by atoms with Gasteiger partial charge in [-0.15, -0.1) is 0 Å². The van der Waals surface area contributed by atoms with Gasteiger partial charge in [-0.05, 0) is 43.5 Å². The lowest BCUT2D eigenvalue weighted by Crippen LogP contribution is -2.21. The molecule has 0 saturated carbocycles. The van der Waals surface area contributed by atoms with Crippen molar-refractivity contribution in [3.05, 3.63) is 29.3 Å². The van der Waals surface area contributed by atoms with Gasteiger partial charge in [-0.1, -0.05) is 26.0 Å². The minimum absolute atomic E-state index is 0.463. The van der Waals surface area contributed by atoms with Gasteiger partial charge in [-0.2, -0.15) is 0 Å². The largest absolute Gasteiger partial charge is 0.371 e. The van der Waals surface area contributed by atoms with Crippen molar-refractivity contribution in [3.8, 4) is 0 Å². The smallest absolute Gasteiger partial charge is 0.0399 e. The zero-order valence-corrected chi connectivity index (χ0v) is 11.3. The second kappa shape index (κ2) is 5.54. The molecule has 0 radical (unpaired) electrons. The van der Waals surface area contributed by atoms with Crippen molar-refractivity contribution in [1.29, 1.82) is 0 Å². The van der Waals surface area contributed by atoms with Gasteiger partial charge < -0.3 is 10.2 Å². The molecular formula is C15H24N2. The number of fused-ring (bicyclic) bond motifs is 1. The molecule has 1 aromatic carbocycles. The van der Waals surface area contributed by atoms with E-state index in [1.165, 1.54) is 42.7 Å². The van der Waals surface area contributed by atoms with Gasteiger partial charge in [0.25, 0.3) is 0 Å². The lowest BCUT2D eigenvalue weighted by atomic mass is 10.0. The highest BCUT2D eigenvalue weighted by atomic mass is 15.1. The summed E-state index contributed by atoms with van der Waals surface area (Å²) < 4.78 is 0. The van der Waals surface area contributed by atoms with Crippen molar-refractivity contribution in [1.82, 2.24) is 5.32 Å². The topological polar surface area (TPSA) is 15.3 Å². The number of benzene rings is 1. The van der Waals surface area contributed by atoms with E-state index in [2.05, 4.69) is 49.2 Å². The third-order valence-electron chi connectivity index (χ3n) is 3.60. The van der Waals surface area contributed by atoms with Crippen LogP contribution in [0.4, 0.5) is 5.69 Å².